The van der Waals surface area contributed by atoms with Crippen molar-refractivity contribution in [1.82, 2.24) is 4.31 Å². The van der Waals surface area contributed by atoms with Gasteiger partial charge in [0.15, 0.2) is 0 Å². The lowest BCUT2D eigenvalue weighted by Crippen LogP contribution is -2.44. The van der Waals surface area contributed by atoms with Gasteiger partial charge in [0.25, 0.3) is 0 Å². The molecule has 0 bridgehead atoms. The summed E-state index contributed by atoms with van der Waals surface area (Å²) in [6, 6.07) is 6.00. The van der Waals surface area contributed by atoms with Crippen LogP contribution in [0.5, 0.6) is 0 Å². The summed E-state index contributed by atoms with van der Waals surface area (Å²) in [7, 11) is -2.30. The Morgan fingerprint density at radius 1 is 1.40 bits per heavy atom. The van der Waals surface area contributed by atoms with Gasteiger partial charge < -0.3 is 4.74 Å². The van der Waals surface area contributed by atoms with Crippen LogP contribution in [-0.2, 0) is 19.6 Å². The van der Waals surface area contributed by atoms with Crippen LogP contribution in [0.25, 0.3) is 0 Å². The maximum atomic E-state index is 12.5. The Bertz CT molecular complexity index is 588. The van der Waals surface area contributed by atoms with Crippen molar-refractivity contribution in [3.63, 3.8) is 0 Å². The normalized spacial score (nSPS) is 20.6. The number of halogens is 1. The van der Waals surface area contributed by atoms with Gasteiger partial charge in [-0.2, -0.15) is 4.31 Å². The Hall–Kier alpha value is -0.760. The summed E-state index contributed by atoms with van der Waals surface area (Å²) in [4.78, 5) is 11.7. The van der Waals surface area contributed by atoms with Crippen molar-refractivity contribution >= 4 is 39.4 Å². The highest BCUT2D eigenvalue weighted by atomic mass is 35.5. The quantitative estimate of drug-likeness (QED) is 0.785. The molecule has 0 aliphatic carbocycles. The summed E-state index contributed by atoms with van der Waals surface area (Å²) in [5.74, 6) is 0.165. The van der Waals surface area contributed by atoms with Gasteiger partial charge in [0.05, 0.1) is 12.0 Å². The number of nitrogens with zero attached hydrogens (tertiary/aromatic N) is 1. The molecule has 5 nitrogen and oxygen atoms in total. The van der Waals surface area contributed by atoms with E-state index in [-0.39, 0.29) is 11.4 Å². The summed E-state index contributed by atoms with van der Waals surface area (Å²) >= 11 is 7.17. The first kappa shape index (κ1) is 15.6. The molecule has 1 aliphatic rings. The number of rotatable bonds is 3. The van der Waals surface area contributed by atoms with Gasteiger partial charge in [-0.25, -0.2) is 8.42 Å². The molecular weight excluding hydrogens is 322 g/mol. The largest absolute Gasteiger partial charge is 0.468 e. The molecule has 1 aliphatic heterocycles. The molecule has 0 saturated carbocycles. The van der Waals surface area contributed by atoms with Crippen LogP contribution in [0.3, 0.4) is 0 Å². The summed E-state index contributed by atoms with van der Waals surface area (Å²) in [6.07, 6.45) is 0. The van der Waals surface area contributed by atoms with E-state index in [9.17, 15) is 13.2 Å². The zero-order valence-corrected chi connectivity index (χ0v) is 13.2. The number of methoxy groups -OCH3 is 1. The molecule has 0 unspecified atom stereocenters. The Labute approximate surface area is 127 Å². The van der Waals surface area contributed by atoms with E-state index >= 15 is 0 Å². The Balaban J connectivity index is 2.21. The molecule has 8 heteroatoms. The van der Waals surface area contributed by atoms with Gasteiger partial charge in [-0.1, -0.05) is 11.6 Å². The molecule has 0 N–H and O–H groups in total. The van der Waals surface area contributed by atoms with Crippen LogP contribution < -0.4 is 0 Å². The second-order valence-corrected chi connectivity index (χ2v) is 7.88. The SMILES string of the molecule is COC(=O)[C@H]1CN(S(=O)(=O)c2ccc(Cl)cc2)CCS1. The predicted molar refractivity (Wildman–Crippen MR) is 78.5 cm³/mol. The van der Waals surface area contributed by atoms with Crippen LogP contribution in [0, 0.1) is 0 Å². The molecule has 1 fully saturated rings. The fourth-order valence-electron chi connectivity index (χ4n) is 1.87. The van der Waals surface area contributed by atoms with Gasteiger partial charge in [-0.15, -0.1) is 11.8 Å². The van der Waals surface area contributed by atoms with Crippen LogP contribution in [0.2, 0.25) is 5.02 Å². The summed E-state index contributed by atoms with van der Waals surface area (Å²) in [5, 5.41) is 0.00131. The number of benzene rings is 1. The summed E-state index contributed by atoms with van der Waals surface area (Å²) in [5.41, 5.74) is 0. The van der Waals surface area contributed by atoms with E-state index in [1.165, 1.54) is 47.4 Å². The highest BCUT2D eigenvalue weighted by molar-refractivity contribution is 8.00. The third-order valence-corrected chi connectivity index (χ3v) is 6.24. The molecule has 0 radical (unpaired) electrons. The first-order chi connectivity index (χ1) is 9.45. The number of hydrogen-bond donors (Lipinski definition) is 0. The molecule has 110 valence electrons. The fraction of sp³-hybridized carbons (Fsp3) is 0.417. The van der Waals surface area contributed by atoms with Crippen molar-refractivity contribution < 1.29 is 17.9 Å². The van der Waals surface area contributed by atoms with Crippen molar-refractivity contribution in [3.05, 3.63) is 29.3 Å². The average molecular weight is 336 g/mol. The maximum absolute atomic E-state index is 12.5. The lowest BCUT2D eigenvalue weighted by molar-refractivity contribution is -0.140. The van der Waals surface area contributed by atoms with Gasteiger partial charge in [-0.3, -0.25) is 4.79 Å². The number of carbonyl (C=O) groups is 1. The lowest BCUT2D eigenvalue weighted by atomic mass is 10.4. The molecule has 20 heavy (non-hydrogen) atoms. The minimum Gasteiger partial charge on any atom is -0.468 e. The molecule has 0 spiro atoms. The van der Waals surface area contributed by atoms with Gasteiger partial charge >= 0.3 is 5.97 Å². The summed E-state index contributed by atoms with van der Waals surface area (Å²) in [6.45, 7) is 0.505. The number of esters is 1. The minimum atomic E-state index is -3.60. The van der Waals surface area contributed by atoms with E-state index in [1.807, 2.05) is 0 Å². The Morgan fingerprint density at radius 2 is 2.05 bits per heavy atom. The molecule has 1 aromatic carbocycles. The smallest absolute Gasteiger partial charge is 0.320 e. The lowest BCUT2D eigenvalue weighted by Gasteiger charge is -2.30. The predicted octanol–water partition coefficient (Wildman–Crippen LogP) is 1.62. The van der Waals surface area contributed by atoms with E-state index < -0.39 is 21.2 Å². The number of carbonyl (C=O) groups excluding carboxylic acids is 1. The van der Waals surface area contributed by atoms with E-state index in [0.29, 0.717) is 17.3 Å². The van der Waals surface area contributed by atoms with E-state index in [1.54, 1.807) is 0 Å². The highest BCUT2D eigenvalue weighted by Gasteiger charge is 2.34. The second-order valence-electron chi connectivity index (χ2n) is 4.20. The average Bonchev–Trinajstić information content (AvgIpc) is 2.47. The monoisotopic (exact) mass is 335 g/mol. The van der Waals surface area contributed by atoms with Crippen LogP contribution in [0.4, 0.5) is 0 Å². The Morgan fingerprint density at radius 3 is 2.65 bits per heavy atom. The topological polar surface area (TPSA) is 63.7 Å². The van der Waals surface area contributed by atoms with Crippen molar-refractivity contribution in [2.45, 2.75) is 10.1 Å². The van der Waals surface area contributed by atoms with Gasteiger partial charge in [0.1, 0.15) is 5.25 Å². The number of ether oxygens (including phenoxy) is 1. The van der Waals surface area contributed by atoms with Crippen LogP contribution in [0.15, 0.2) is 29.2 Å². The van der Waals surface area contributed by atoms with Crippen LogP contribution in [-0.4, -0.2) is 49.9 Å². The number of sulfonamides is 1. The zero-order valence-electron chi connectivity index (χ0n) is 10.8. The number of thioether (sulfide) groups is 1. The zero-order chi connectivity index (χ0) is 14.8. The molecule has 2 rings (SSSR count). The molecule has 0 amide bonds. The van der Waals surface area contributed by atoms with Crippen LogP contribution >= 0.6 is 23.4 Å². The summed E-state index contributed by atoms with van der Waals surface area (Å²) < 4.78 is 30.9. The van der Waals surface area contributed by atoms with Crippen molar-refractivity contribution in [1.29, 1.82) is 0 Å². The maximum Gasteiger partial charge on any atom is 0.320 e. The molecule has 1 atom stereocenters. The van der Waals surface area contributed by atoms with Crippen LogP contribution in [0.1, 0.15) is 0 Å². The molecule has 0 aromatic heterocycles. The third kappa shape index (κ3) is 3.28. The van der Waals surface area contributed by atoms with E-state index in [2.05, 4.69) is 4.74 Å². The van der Waals surface area contributed by atoms with Crippen molar-refractivity contribution in [2.24, 2.45) is 0 Å². The highest BCUT2D eigenvalue weighted by Crippen LogP contribution is 2.25. The van der Waals surface area contributed by atoms with E-state index in [0.717, 1.165) is 0 Å². The fourth-order valence-corrected chi connectivity index (χ4v) is 4.79. The van der Waals surface area contributed by atoms with Gasteiger partial charge in [0, 0.05) is 23.9 Å². The first-order valence-electron chi connectivity index (χ1n) is 5.90. The molecule has 1 aromatic rings. The molecular formula is C12H14ClNO4S2. The van der Waals surface area contributed by atoms with Gasteiger partial charge in [0.2, 0.25) is 10.0 Å². The second kappa shape index (κ2) is 6.34. The molecule has 1 heterocycles. The number of hydrogen-bond acceptors (Lipinski definition) is 5. The van der Waals surface area contributed by atoms with Gasteiger partial charge in [-0.05, 0) is 24.3 Å². The third-order valence-electron chi connectivity index (χ3n) is 2.94. The Kier molecular flexibility index (Phi) is 4.95. The molecule has 1 saturated heterocycles. The first-order valence-corrected chi connectivity index (χ1v) is 8.77. The van der Waals surface area contributed by atoms with E-state index in [4.69, 9.17) is 11.6 Å². The minimum absolute atomic E-state index is 0.127. The standard InChI is InChI=1S/C12H14ClNO4S2/c1-18-12(15)11-8-14(6-7-19-11)20(16,17)10-4-2-9(13)3-5-10/h2-5,11H,6-8H2,1H3/t11-/m1/s1. The van der Waals surface area contributed by atoms with Crippen molar-refractivity contribution in [2.75, 3.05) is 26.0 Å². The van der Waals surface area contributed by atoms with Crippen molar-refractivity contribution in [3.8, 4) is 0 Å².